The first kappa shape index (κ1) is 10.7. The van der Waals surface area contributed by atoms with Gasteiger partial charge in [-0.1, -0.05) is 30.3 Å². The molecule has 0 saturated heterocycles. The quantitative estimate of drug-likeness (QED) is 0.832. The summed E-state index contributed by atoms with van der Waals surface area (Å²) >= 11 is 0. The van der Waals surface area contributed by atoms with Crippen LogP contribution in [0.3, 0.4) is 0 Å². The molecule has 2 aliphatic rings. The largest absolute Gasteiger partial charge is 0.362 e. The Morgan fingerprint density at radius 3 is 2.79 bits per heavy atom. The van der Waals surface area contributed by atoms with Gasteiger partial charge in [-0.05, 0) is 12.1 Å². The molecule has 2 aliphatic heterocycles. The maximum Gasteiger partial charge on any atom is 0.210 e. The third-order valence-electron chi connectivity index (χ3n) is 3.80. The minimum Gasteiger partial charge on any atom is -0.362 e. The first-order valence-corrected chi connectivity index (χ1v) is 6.37. The number of aromatic nitrogens is 1. The Hall–Kier alpha value is -2.20. The lowest BCUT2D eigenvalue weighted by Gasteiger charge is -2.32. The van der Waals surface area contributed by atoms with E-state index in [-0.39, 0.29) is 0 Å². The van der Waals surface area contributed by atoms with Crippen molar-refractivity contribution >= 4 is 5.84 Å². The van der Waals surface area contributed by atoms with Crippen LogP contribution in [0.25, 0.3) is 0 Å². The van der Waals surface area contributed by atoms with Gasteiger partial charge in [-0.3, -0.25) is 9.98 Å². The molecule has 3 heterocycles. The molecule has 0 fully saturated rings. The maximum atomic E-state index is 11.3. The molecule has 94 valence electrons. The fourth-order valence-electron chi connectivity index (χ4n) is 2.97. The Kier molecular flexibility index (Phi) is 2.05. The van der Waals surface area contributed by atoms with Gasteiger partial charge in [-0.25, -0.2) is 0 Å². The van der Waals surface area contributed by atoms with E-state index in [0.717, 1.165) is 30.1 Å². The monoisotopic (exact) mass is 251 g/mol. The van der Waals surface area contributed by atoms with Crippen LogP contribution in [0.1, 0.15) is 16.8 Å². The zero-order valence-corrected chi connectivity index (χ0v) is 10.3. The third-order valence-corrected chi connectivity index (χ3v) is 3.80. The number of hydrogen-bond acceptors (Lipinski definition) is 4. The normalized spacial score (nSPS) is 24.1. The molecule has 0 saturated carbocycles. The van der Waals surface area contributed by atoms with E-state index in [1.807, 2.05) is 47.4 Å². The Morgan fingerprint density at radius 2 is 1.95 bits per heavy atom. The van der Waals surface area contributed by atoms with Gasteiger partial charge < -0.3 is 10.0 Å². The molecule has 0 aliphatic carbocycles. The van der Waals surface area contributed by atoms with Crippen molar-refractivity contribution in [3.63, 3.8) is 0 Å². The molecule has 4 nitrogen and oxygen atoms in total. The van der Waals surface area contributed by atoms with Crippen molar-refractivity contribution in [2.75, 3.05) is 13.1 Å². The van der Waals surface area contributed by atoms with Gasteiger partial charge in [0.2, 0.25) is 5.72 Å². The van der Waals surface area contributed by atoms with Gasteiger partial charge >= 0.3 is 0 Å². The Balaban J connectivity index is 2.00. The van der Waals surface area contributed by atoms with Gasteiger partial charge in [-0.2, -0.15) is 0 Å². The van der Waals surface area contributed by atoms with E-state index in [0.29, 0.717) is 5.69 Å². The summed E-state index contributed by atoms with van der Waals surface area (Å²) < 4.78 is 0. The number of fused-ring (bicyclic) bond motifs is 3. The van der Waals surface area contributed by atoms with Crippen LogP contribution in [0, 0.1) is 0 Å². The van der Waals surface area contributed by atoms with Crippen molar-refractivity contribution in [2.24, 2.45) is 4.99 Å². The van der Waals surface area contributed by atoms with E-state index >= 15 is 0 Å². The Bertz CT molecular complexity index is 668. The highest BCUT2D eigenvalue weighted by atomic mass is 16.3. The second-order valence-corrected chi connectivity index (χ2v) is 4.79. The van der Waals surface area contributed by atoms with Gasteiger partial charge in [0.25, 0.3) is 0 Å². The van der Waals surface area contributed by atoms with Crippen LogP contribution >= 0.6 is 0 Å². The predicted octanol–water partition coefficient (Wildman–Crippen LogP) is 1.35. The van der Waals surface area contributed by atoms with Gasteiger partial charge in [0.05, 0.1) is 12.2 Å². The fourth-order valence-corrected chi connectivity index (χ4v) is 2.97. The number of amidine groups is 1. The van der Waals surface area contributed by atoms with Crippen LogP contribution in [0.4, 0.5) is 0 Å². The average Bonchev–Trinajstić information content (AvgIpc) is 3.04. The van der Waals surface area contributed by atoms with E-state index in [1.54, 1.807) is 6.20 Å². The molecule has 4 rings (SSSR count). The van der Waals surface area contributed by atoms with Crippen molar-refractivity contribution in [3.05, 3.63) is 65.5 Å². The second kappa shape index (κ2) is 3.65. The molecular weight excluding hydrogens is 238 g/mol. The molecule has 1 N–H and O–H groups in total. The lowest BCUT2D eigenvalue weighted by molar-refractivity contribution is -0.0280. The summed E-state index contributed by atoms with van der Waals surface area (Å²) in [5.74, 6) is 0.878. The minimum absolute atomic E-state index is 0.648. The lowest BCUT2D eigenvalue weighted by atomic mass is 9.97. The number of hydrogen-bond donors (Lipinski definition) is 1. The smallest absolute Gasteiger partial charge is 0.210 e. The second-order valence-electron chi connectivity index (χ2n) is 4.79. The highest BCUT2D eigenvalue weighted by molar-refractivity contribution is 6.05. The fraction of sp³-hybridized carbons (Fsp3) is 0.200. The van der Waals surface area contributed by atoms with Crippen molar-refractivity contribution in [2.45, 2.75) is 5.72 Å². The lowest BCUT2D eigenvalue weighted by Crippen LogP contribution is -2.44. The number of nitrogens with zero attached hydrogens (tertiary/aromatic N) is 3. The number of aliphatic hydroxyl groups is 1. The topological polar surface area (TPSA) is 48.7 Å². The van der Waals surface area contributed by atoms with Gasteiger partial charge in [0.15, 0.2) is 0 Å². The molecule has 19 heavy (non-hydrogen) atoms. The zero-order valence-electron chi connectivity index (χ0n) is 10.3. The van der Waals surface area contributed by atoms with Crippen molar-refractivity contribution in [3.8, 4) is 0 Å². The molecule has 2 aromatic rings. The summed E-state index contributed by atoms with van der Waals surface area (Å²) in [5, 5.41) is 11.3. The first-order valence-electron chi connectivity index (χ1n) is 6.37. The number of rotatable bonds is 1. The molecule has 1 atom stereocenters. The third kappa shape index (κ3) is 1.26. The highest BCUT2D eigenvalue weighted by Gasteiger charge is 2.50. The minimum atomic E-state index is -1.19. The molecule has 0 amide bonds. The molecular formula is C15H13N3O. The summed E-state index contributed by atoms with van der Waals surface area (Å²) in [4.78, 5) is 10.8. The summed E-state index contributed by atoms with van der Waals surface area (Å²) in [6.45, 7) is 1.44. The SMILES string of the molecule is O[C@]1(c2ccccn2)c2ccccc2C2=NCCN21. The summed E-state index contributed by atoms with van der Waals surface area (Å²) in [5.41, 5.74) is 1.34. The summed E-state index contributed by atoms with van der Waals surface area (Å²) in [6, 6.07) is 13.5. The predicted molar refractivity (Wildman–Crippen MR) is 71.8 cm³/mol. The number of pyridine rings is 1. The molecule has 0 unspecified atom stereocenters. The summed E-state index contributed by atoms with van der Waals surface area (Å²) in [6.07, 6.45) is 1.71. The number of aliphatic imine (C=N–C) groups is 1. The van der Waals surface area contributed by atoms with E-state index in [1.165, 1.54) is 0 Å². The Labute approximate surface area is 111 Å². The Morgan fingerprint density at radius 1 is 1.11 bits per heavy atom. The van der Waals surface area contributed by atoms with Gasteiger partial charge in [0.1, 0.15) is 5.84 Å². The first-order chi connectivity index (χ1) is 9.32. The van der Waals surface area contributed by atoms with Gasteiger partial charge in [-0.15, -0.1) is 0 Å². The van der Waals surface area contributed by atoms with E-state index < -0.39 is 5.72 Å². The average molecular weight is 251 g/mol. The summed E-state index contributed by atoms with van der Waals surface area (Å²) in [7, 11) is 0. The number of benzene rings is 1. The molecule has 0 radical (unpaired) electrons. The molecule has 4 heteroatoms. The standard InChI is InChI=1S/C15H13N3O/c19-15(13-7-3-4-8-16-13)12-6-2-1-5-11(12)14-17-9-10-18(14)15/h1-8,19H,9-10H2/t15-/m0/s1. The van der Waals surface area contributed by atoms with Crippen LogP contribution in [0.5, 0.6) is 0 Å². The van der Waals surface area contributed by atoms with E-state index in [9.17, 15) is 5.11 Å². The van der Waals surface area contributed by atoms with Crippen LogP contribution in [-0.4, -0.2) is 33.9 Å². The van der Waals surface area contributed by atoms with Crippen LogP contribution in [-0.2, 0) is 5.72 Å². The highest BCUT2D eigenvalue weighted by Crippen LogP contribution is 2.42. The van der Waals surface area contributed by atoms with Crippen LogP contribution in [0.15, 0.2) is 53.7 Å². The molecule has 0 spiro atoms. The van der Waals surface area contributed by atoms with Crippen LogP contribution in [0.2, 0.25) is 0 Å². The van der Waals surface area contributed by atoms with Crippen molar-refractivity contribution in [1.82, 2.24) is 9.88 Å². The van der Waals surface area contributed by atoms with Crippen molar-refractivity contribution in [1.29, 1.82) is 0 Å². The maximum absolute atomic E-state index is 11.3. The van der Waals surface area contributed by atoms with E-state index in [4.69, 9.17) is 0 Å². The van der Waals surface area contributed by atoms with Crippen LogP contribution < -0.4 is 0 Å². The van der Waals surface area contributed by atoms with Crippen molar-refractivity contribution < 1.29 is 5.11 Å². The van der Waals surface area contributed by atoms with E-state index in [2.05, 4.69) is 9.98 Å². The zero-order chi connectivity index (χ0) is 12.9. The molecule has 1 aromatic carbocycles. The van der Waals surface area contributed by atoms with Gasteiger partial charge in [0, 0.05) is 23.9 Å². The molecule has 1 aromatic heterocycles. The molecule has 0 bridgehead atoms.